The number of aromatic nitrogens is 3. The van der Waals surface area contributed by atoms with E-state index < -0.39 is 0 Å². The zero-order valence-corrected chi connectivity index (χ0v) is 16.2. The van der Waals surface area contributed by atoms with Crippen molar-refractivity contribution in [2.24, 2.45) is 0 Å². The fraction of sp³-hybridized carbons (Fsp3) is 0.182. The zero-order chi connectivity index (χ0) is 19.5. The van der Waals surface area contributed by atoms with Crippen LogP contribution in [0.3, 0.4) is 0 Å². The quantitative estimate of drug-likeness (QED) is 0.529. The molecule has 6 nitrogen and oxygen atoms in total. The molecule has 4 rings (SSSR count). The average Bonchev–Trinajstić information content (AvgIpc) is 3.15. The molecule has 0 spiro atoms. The number of ether oxygens (including phenoxy) is 1. The Morgan fingerprint density at radius 2 is 1.89 bits per heavy atom. The molecule has 0 aliphatic heterocycles. The first-order valence-electron chi connectivity index (χ1n) is 9.10. The van der Waals surface area contributed by atoms with Crippen molar-refractivity contribution >= 4 is 22.4 Å². The molecule has 1 unspecified atom stereocenters. The van der Waals surface area contributed by atoms with E-state index >= 15 is 0 Å². The maximum Gasteiger partial charge on any atom is 0.130 e. The lowest BCUT2D eigenvalue weighted by molar-refractivity contribution is 0.415. The number of H-pyrrole nitrogens is 1. The predicted molar refractivity (Wildman–Crippen MR) is 113 cm³/mol. The largest absolute Gasteiger partial charge is 0.497 e. The first kappa shape index (κ1) is 17.9. The van der Waals surface area contributed by atoms with Crippen molar-refractivity contribution in [2.45, 2.75) is 6.04 Å². The van der Waals surface area contributed by atoms with Gasteiger partial charge in [0.2, 0.25) is 0 Å². The normalized spacial score (nSPS) is 12.0. The molecule has 0 fully saturated rings. The fourth-order valence-corrected chi connectivity index (χ4v) is 3.32. The second kappa shape index (κ2) is 7.60. The SMILES string of the molecule is COc1ccc2[nH]cc(C(Nc3ccncn3)c3ccc(N(C)C)cc3)c2c1. The summed E-state index contributed by atoms with van der Waals surface area (Å²) in [6.45, 7) is 0. The summed E-state index contributed by atoms with van der Waals surface area (Å²) in [5.41, 5.74) is 4.50. The summed E-state index contributed by atoms with van der Waals surface area (Å²) in [5, 5.41) is 4.66. The van der Waals surface area contributed by atoms with Crippen LogP contribution in [0, 0.1) is 0 Å². The van der Waals surface area contributed by atoms with E-state index in [0.717, 1.165) is 39.3 Å². The Morgan fingerprint density at radius 3 is 2.57 bits per heavy atom. The highest BCUT2D eigenvalue weighted by atomic mass is 16.5. The van der Waals surface area contributed by atoms with Crippen LogP contribution in [-0.4, -0.2) is 36.2 Å². The van der Waals surface area contributed by atoms with Gasteiger partial charge in [-0.1, -0.05) is 12.1 Å². The Kier molecular flexibility index (Phi) is 4.85. The number of anilines is 2. The Hall–Kier alpha value is -3.54. The zero-order valence-electron chi connectivity index (χ0n) is 16.2. The molecule has 1 atom stereocenters. The smallest absolute Gasteiger partial charge is 0.130 e. The maximum absolute atomic E-state index is 5.43. The van der Waals surface area contributed by atoms with Gasteiger partial charge in [-0.25, -0.2) is 9.97 Å². The van der Waals surface area contributed by atoms with Crippen molar-refractivity contribution in [3.63, 3.8) is 0 Å². The molecule has 0 aliphatic rings. The minimum Gasteiger partial charge on any atom is -0.497 e. The van der Waals surface area contributed by atoms with Gasteiger partial charge in [0.05, 0.1) is 13.2 Å². The molecule has 2 heterocycles. The lowest BCUT2D eigenvalue weighted by atomic mass is 9.97. The van der Waals surface area contributed by atoms with Crippen molar-refractivity contribution in [1.82, 2.24) is 15.0 Å². The standard InChI is InChI=1S/C22H23N5O/c1-27(2)16-6-4-15(5-7-16)22(26-21-10-11-23-14-25-21)19-13-24-20-9-8-17(28-3)12-18(19)20/h4-14,22,24H,1-3H3,(H,23,25,26). The maximum atomic E-state index is 5.43. The van der Waals surface area contributed by atoms with E-state index in [9.17, 15) is 0 Å². The van der Waals surface area contributed by atoms with Gasteiger partial charge in [-0.3, -0.25) is 0 Å². The first-order chi connectivity index (χ1) is 13.7. The molecule has 0 radical (unpaired) electrons. The first-order valence-corrected chi connectivity index (χ1v) is 9.10. The van der Waals surface area contributed by atoms with E-state index in [1.165, 1.54) is 0 Å². The molecular weight excluding hydrogens is 350 g/mol. The van der Waals surface area contributed by atoms with Crippen LogP contribution >= 0.6 is 0 Å². The number of nitrogens with zero attached hydrogens (tertiary/aromatic N) is 3. The van der Waals surface area contributed by atoms with E-state index in [4.69, 9.17) is 4.74 Å². The van der Waals surface area contributed by atoms with Crippen LogP contribution < -0.4 is 15.0 Å². The molecule has 0 saturated heterocycles. The highest BCUT2D eigenvalue weighted by Crippen LogP contribution is 2.34. The van der Waals surface area contributed by atoms with Crippen LogP contribution in [-0.2, 0) is 0 Å². The highest BCUT2D eigenvalue weighted by Gasteiger charge is 2.19. The van der Waals surface area contributed by atoms with Gasteiger partial charge < -0.3 is 19.9 Å². The molecule has 2 aromatic heterocycles. The molecule has 0 bridgehead atoms. The van der Waals surface area contributed by atoms with Crippen LogP contribution in [0.4, 0.5) is 11.5 Å². The number of fused-ring (bicyclic) bond motifs is 1. The van der Waals surface area contributed by atoms with Gasteiger partial charge >= 0.3 is 0 Å². The summed E-state index contributed by atoms with van der Waals surface area (Å²) in [6, 6.07) is 16.4. The molecule has 142 valence electrons. The molecular formula is C22H23N5O. The third-order valence-electron chi connectivity index (χ3n) is 4.85. The van der Waals surface area contributed by atoms with Crippen molar-refractivity contribution in [3.05, 3.63) is 78.4 Å². The minimum atomic E-state index is -0.0769. The van der Waals surface area contributed by atoms with Crippen LogP contribution in [0.25, 0.3) is 10.9 Å². The molecule has 2 aromatic carbocycles. The summed E-state index contributed by atoms with van der Waals surface area (Å²) in [4.78, 5) is 13.8. The Morgan fingerprint density at radius 1 is 1.07 bits per heavy atom. The number of aromatic amines is 1. The Balaban J connectivity index is 1.81. The van der Waals surface area contributed by atoms with Crippen molar-refractivity contribution in [3.8, 4) is 5.75 Å². The number of hydrogen-bond donors (Lipinski definition) is 2. The van der Waals surface area contributed by atoms with E-state index in [2.05, 4.69) is 55.5 Å². The number of benzene rings is 2. The second-order valence-corrected chi connectivity index (χ2v) is 6.81. The lowest BCUT2D eigenvalue weighted by Gasteiger charge is -2.21. The van der Waals surface area contributed by atoms with E-state index in [1.807, 2.05) is 38.5 Å². The molecule has 28 heavy (non-hydrogen) atoms. The van der Waals surface area contributed by atoms with Gasteiger partial charge in [0, 0.05) is 48.6 Å². The number of rotatable bonds is 6. The van der Waals surface area contributed by atoms with Gasteiger partial charge in [-0.05, 0) is 42.0 Å². The highest BCUT2D eigenvalue weighted by molar-refractivity contribution is 5.86. The summed E-state index contributed by atoms with van der Waals surface area (Å²) in [6.07, 6.45) is 5.33. The van der Waals surface area contributed by atoms with E-state index in [0.29, 0.717) is 0 Å². The summed E-state index contributed by atoms with van der Waals surface area (Å²) in [7, 11) is 5.76. The summed E-state index contributed by atoms with van der Waals surface area (Å²) < 4.78 is 5.43. The molecule has 4 aromatic rings. The number of hydrogen-bond acceptors (Lipinski definition) is 5. The van der Waals surface area contributed by atoms with Gasteiger partial charge in [0.1, 0.15) is 17.9 Å². The summed E-state index contributed by atoms with van der Waals surface area (Å²) in [5.74, 6) is 1.60. The molecule has 0 saturated carbocycles. The van der Waals surface area contributed by atoms with Gasteiger partial charge in [0.15, 0.2) is 0 Å². The monoisotopic (exact) mass is 373 g/mol. The van der Waals surface area contributed by atoms with Crippen LogP contribution in [0.15, 0.2) is 67.3 Å². The Bertz CT molecular complexity index is 1060. The van der Waals surface area contributed by atoms with Gasteiger partial charge in [0.25, 0.3) is 0 Å². The average molecular weight is 373 g/mol. The summed E-state index contributed by atoms with van der Waals surface area (Å²) >= 11 is 0. The van der Waals surface area contributed by atoms with E-state index in [1.54, 1.807) is 19.6 Å². The number of nitrogens with one attached hydrogen (secondary N) is 2. The minimum absolute atomic E-state index is 0.0769. The third kappa shape index (κ3) is 3.49. The van der Waals surface area contributed by atoms with E-state index in [-0.39, 0.29) is 6.04 Å². The lowest BCUT2D eigenvalue weighted by Crippen LogP contribution is -2.14. The van der Waals surface area contributed by atoms with Gasteiger partial charge in [-0.2, -0.15) is 0 Å². The van der Waals surface area contributed by atoms with Crippen molar-refractivity contribution < 1.29 is 4.74 Å². The molecule has 0 amide bonds. The molecule has 2 N–H and O–H groups in total. The van der Waals surface area contributed by atoms with Crippen LogP contribution in [0.2, 0.25) is 0 Å². The fourth-order valence-electron chi connectivity index (χ4n) is 3.32. The second-order valence-electron chi connectivity index (χ2n) is 6.81. The van der Waals surface area contributed by atoms with Gasteiger partial charge in [-0.15, -0.1) is 0 Å². The van der Waals surface area contributed by atoms with Crippen LogP contribution in [0.1, 0.15) is 17.2 Å². The van der Waals surface area contributed by atoms with Crippen molar-refractivity contribution in [2.75, 3.05) is 31.4 Å². The third-order valence-corrected chi connectivity index (χ3v) is 4.85. The molecule has 0 aliphatic carbocycles. The van der Waals surface area contributed by atoms with Crippen LogP contribution in [0.5, 0.6) is 5.75 Å². The Labute approximate surface area is 164 Å². The topological polar surface area (TPSA) is 66.1 Å². The number of methoxy groups -OCH3 is 1. The predicted octanol–water partition coefficient (Wildman–Crippen LogP) is 4.23. The van der Waals surface area contributed by atoms with Crippen molar-refractivity contribution in [1.29, 1.82) is 0 Å². The molecule has 6 heteroatoms.